The van der Waals surface area contributed by atoms with Crippen LogP contribution < -0.4 is 10.4 Å². The molecule has 0 saturated carbocycles. The maximum Gasteiger partial charge on any atom is 0.326 e. The van der Waals surface area contributed by atoms with Crippen molar-refractivity contribution < 1.29 is 9.53 Å². The van der Waals surface area contributed by atoms with Crippen molar-refractivity contribution in [1.82, 2.24) is 14.5 Å². The molecule has 0 aromatic carbocycles. The number of rotatable bonds is 4. The first kappa shape index (κ1) is 19.1. The summed E-state index contributed by atoms with van der Waals surface area (Å²) in [5.74, 6) is 0.396. The van der Waals surface area contributed by atoms with Gasteiger partial charge in [-0.05, 0) is 44.6 Å². The highest BCUT2D eigenvalue weighted by Gasteiger charge is 2.24. The second-order valence-corrected chi connectivity index (χ2v) is 9.25. The smallest absolute Gasteiger partial charge is 0.326 e. The van der Waals surface area contributed by atoms with Crippen molar-refractivity contribution in [1.29, 1.82) is 0 Å². The first-order chi connectivity index (χ1) is 13.3. The highest BCUT2D eigenvalue weighted by atomic mass is 32.1. The Balaban J connectivity index is 1.58. The number of aromatic nitrogens is 3. The fraction of sp³-hybridized carbons (Fsp3) is 0.474. The van der Waals surface area contributed by atoms with Crippen LogP contribution >= 0.6 is 22.7 Å². The zero-order valence-electron chi connectivity index (χ0n) is 15.9. The second-order valence-electron chi connectivity index (χ2n) is 7.34. The SMILES string of the molecule is Cc1csc(=O)n1CC(=O)O[C@H](C)c1nc2sc3c(c2c(=O)[nH]1)CC[C@@H](C)C3. The number of nitrogens with zero attached hydrogens (tertiary/aromatic N) is 2. The molecular formula is C19H21N3O4S2. The Labute approximate surface area is 169 Å². The number of hydrogen-bond donors (Lipinski definition) is 1. The Bertz CT molecular complexity index is 1170. The molecule has 0 fully saturated rings. The molecule has 2 atom stereocenters. The summed E-state index contributed by atoms with van der Waals surface area (Å²) in [5, 5.41) is 2.38. The van der Waals surface area contributed by atoms with Gasteiger partial charge in [0.2, 0.25) is 0 Å². The first-order valence-corrected chi connectivity index (χ1v) is 10.9. The molecule has 0 unspecified atom stereocenters. The van der Waals surface area contributed by atoms with E-state index in [2.05, 4.69) is 16.9 Å². The third-order valence-corrected chi connectivity index (χ3v) is 7.17. The van der Waals surface area contributed by atoms with Crippen LogP contribution in [0.15, 0.2) is 15.0 Å². The van der Waals surface area contributed by atoms with Gasteiger partial charge in [0.1, 0.15) is 11.4 Å². The fourth-order valence-corrected chi connectivity index (χ4v) is 5.70. The van der Waals surface area contributed by atoms with Crippen LogP contribution in [0.2, 0.25) is 0 Å². The molecule has 1 aliphatic carbocycles. The molecule has 0 aliphatic heterocycles. The summed E-state index contributed by atoms with van der Waals surface area (Å²) in [4.78, 5) is 45.8. The van der Waals surface area contributed by atoms with Crippen LogP contribution in [0.1, 0.15) is 48.3 Å². The summed E-state index contributed by atoms with van der Waals surface area (Å²) in [6.45, 7) is 5.50. The number of ether oxygens (including phenoxy) is 1. The van der Waals surface area contributed by atoms with Crippen molar-refractivity contribution in [3.8, 4) is 0 Å². The zero-order chi connectivity index (χ0) is 20.0. The van der Waals surface area contributed by atoms with Gasteiger partial charge in [0.15, 0.2) is 11.9 Å². The molecule has 148 valence electrons. The minimum atomic E-state index is -0.711. The van der Waals surface area contributed by atoms with Crippen LogP contribution in [0.5, 0.6) is 0 Å². The molecule has 28 heavy (non-hydrogen) atoms. The molecule has 3 heterocycles. The third kappa shape index (κ3) is 3.44. The summed E-state index contributed by atoms with van der Waals surface area (Å²) >= 11 is 2.61. The van der Waals surface area contributed by atoms with Gasteiger partial charge in [-0.25, -0.2) is 4.98 Å². The lowest BCUT2D eigenvalue weighted by molar-refractivity contribution is -0.149. The van der Waals surface area contributed by atoms with Gasteiger partial charge in [0, 0.05) is 16.0 Å². The van der Waals surface area contributed by atoms with Crippen LogP contribution in [0.25, 0.3) is 10.2 Å². The van der Waals surface area contributed by atoms with E-state index in [1.54, 1.807) is 30.6 Å². The van der Waals surface area contributed by atoms with Crippen LogP contribution in [-0.2, 0) is 28.9 Å². The van der Waals surface area contributed by atoms with E-state index in [-0.39, 0.29) is 17.0 Å². The fourth-order valence-electron chi connectivity index (χ4n) is 3.57. The van der Waals surface area contributed by atoms with Gasteiger partial charge >= 0.3 is 10.8 Å². The number of thiazole rings is 1. The molecule has 1 aliphatic rings. The number of aromatic amines is 1. The maximum absolute atomic E-state index is 12.7. The van der Waals surface area contributed by atoms with Crippen molar-refractivity contribution in [3.63, 3.8) is 0 Å². The van der Waals surface area contributed by atoms with Crippen molar-refractivity contribution in [2.24, 2.45) is 5.92 Å². The molecule has 9 heteroatoms. The van der Waals surface area contributed by atoms with E-state index in [0.717, 1.165) is 36.2 Å². The second kappa shape index (κ2) is 7.29. The quantitative estimate of drug-likeness (QED) is 0.656. The summed E-state index contributed by atoms with van der Waals surface area (Å²) in [6, 6.07) is 0. The van der Waals surface area contributed by atoms with Crippen molar-refractivity contribution in [2.75, 3.05) is 0 Å². The first-order valence-electron chi connectivity index (χ1n) is 9.22. The molecule has 0 amide bonds. The number of H-pyrrole nitrogens is 1. The molecule has 0 bridgehead atoms. The summed E-state index contributed by atoms with van der Waals surface area (Å²) in [5.41, 5.74) is 1.65. The normalized spacial score (nSPS) is 17.5. The van der Waals surface area contributed by atoms with Gasteiger partial charge in [-0.3, -0.25) is 19.0 Å². The molecule has 0 spiro atoms. The number of carbonyl (C=O) groups excluding carboxylic acids is 1. The topological polar surface area (TPSA) is 94.0 Å². The van der Waals surface area contributed by atoms with Crippen molar-refractivity contribution in [3.05, 3.63) is 47.4 Å². The van der Waals surface area contributed by atoms with E-state index in [1.165, 1.54) is 9.44 Å². The van der Waals surface area contributed by atoms with Gasteiger partial charge < -0.3 is 9.72 Å². The van der Waals surface area contributed by atoms with Crippen LogP contribution in [0, 0.1) is 12.8 Å². The summed E-state index contributed by atoms with van der Waals surface area (Å²) < 4.78 is 6.79. The highest BCUT2D eigenvalue weighted by Crippen LogP contribution is 2.35. The molecule has 1 N–H and O–H groups in total. The lowest BCUT2D eigenvalue weighted by Gasteiger charge is -2.17. The van der Waals surface area contributed by atoms with Gasteiger partial charge in [0.05, 0.1) is 5.39 Å². The predicted octanol–water partition coefficient (Wildman–Crippen LogP) is 2.95. The van der Waals surface area contributed by atoms with E-state index >= 15 is 0 Å². The minimum absolute atomic E-state index is 0.157. The number of fused-ring (bicyclic) bond motifs is 3. The minimum Gasteiger partial charge on any atom is -0.453 e. The molecule has 0 saturated heterocycles. The van der Waals surface area contributed by atoms with Crippen molar-refractivity contribution in [2.45, 2.75) is 52.7 Å². The van der Waals surface area contributed by atoms with E-state index in [0.29, 0.717) is 27.7 Å². The Morgan fingerprint density at radius 1 is 1.46 bits per heavy atom. The number of carbonyl (C=O) groups is 1. The summed E-state index contributed by atoms with van der Waals surface area (Å²) in [6.07, 6.45) is 2.25. The monoisotopic (exact) mass is 419 g/mol. The lowest BCUT2D eigenvalue weighted by Crippen LogP contribution is -2.24. The molecule has 3 aromatic rings. The average molecular weight is 420 g/mol. The third-order valence-electron chi connectivity index (χ3n) is 5.14. The number of aryl methyl sites for hydroxylation is 2. The molecule has 3 aromatic heterocycles. The Morgan fingerprint density at radius 3 is 2.96 bits per heavy atom. The summed E-state index contributed by atoms with van der Waals surface area (Å²) in [7, 11) is 0. The molecule has 4 rings (SSSR count). The predicted molar refractivity (Wildman–Crippen MR) is 109 cm³/mol. The van der Waals surface area contributed by atoms with E-state index in [9.17, 15) is 14.4 Å². The number of thiophene rings is 1. The number of esters is 1. The van der Waals surface area contributed by atoms with Crippen LogP contribution in [0.3, 0.4) is 0 Å². The van der Waals surface area contributed by atoms with Crippen LogP contribution in [0.4, 0.5) is 0 Å². The number of nitrogens with one attached hydrogen (secondary N) is 1. The molecular weight excluding hydrogens is 398 g/mol. The van der Waals surface area contributed by atoms with Crippen LogP contribution in [-0.4, -0.2) is 20.5 Å². The van der Waals surface area contributed by atoms with Crippen molar-refractivity contribution >= 4 is 38.9 Å². The lowest BCUT2D eigenvalue weighted by atomic mass is 9.89. The highest BCUT2D eigenvalue weighted by molar-refractivity contribution is 7.18. The van der Waals surface area contributed by atoms with Gasteiger partial charge in [-0.1, -0.05) is 18.3 Å². The number of hydrogen-bond acceptors (Lipinski definition) is 7. The van der Waals surface area contributed by atoms with E-state index < -0.39 is 12.1 Å². The molecule has 7 nitrogen and oxygen atoms in total. The van der Waals surface area contributed by atoms with Gasteiger partial charge in [-0.15, -0.1) is 11.3 Å². The maximum atomic E-state index is 12.7. The van der Waals surface area contributed by atoms with E-state index in [4.69, 9.17) is 4.74 Å². The Morgan fingerprint density at radius 2 is 2.25 bits per heavy atom. The standard InChI is InChI=1S/C19H21N3O4S2/c1-9-4-5-12-13(6-9)28-18-15(12)17(24)20-16(21-18)11(3)26-14(23)7-22-10(2)8-27-19(22)25/h8-9,11H,4-7H2,1-3H3,(H,20,21,24)/t9-,11-/m1/s1. The van der Waals surface area contributed by atoms with Gasteiger partial charge in [0.25, 0.3) is 5.56 Å². The van der Waals surface area contributed by atoms with E-state index in [1.807, 2.05) is 0 Å². The largest absolute Gasteiger partial charge is 0.453 e. The molecule has 0 radical (unpaired) electrons. The van der Waals surface area contributed by atoms with Gasteiger partial charge in [-0.2, -0.15) is 0 Å². The zero-order valence-corrected chi connectivity index (χ0v) is 17.5. The average Bonchev–Trinajstić information content (AvgIpc) is 3.15. The Hall–Kier alpha value is -2.26. The Kier molecular flexibility index (Phi) is 4.96.